The quantitative estimate of drug-likeness (QED) is 0.751. The summed E-state index contributed by atoms with van der Waals surface area (Å²) in [5.74, 6) is 0.171. The predicted molar refractivity (Wildman–Crippen MR) is 101 cm³/mol. The standard InChI is InChI=1S/C20H23N3O2/c1-13-3-7-17(8-4-13)22-19(24)14(2)21-16-9-11-18(12-10-16)23-20(25)15-5-6-15/h3-4,7-12,14-15,21H,5-6H2,1-2H3,(H,22,24)(H,23,25). The molecule has 3 N–H and O–H groups in total. The number of hydrogen-bond donors (Lipinski definition) is 3. The lowest BCUT2D eigenvalue weighted by atomic mass is 10.2. The van der Waals surface area contributed by atoms with E-state index in [2.05, 4.69) is 16.0 Å². The molecule has 0 aromatic heterocycles. The van der Waals surface area contributed by atoms with E-state index in [1.54, 1.807) is 0 Å². The fourth-order valence-electron chi connectivity index (χ4n) is 2.44. The first-order valence-corrected chi connectivity index (χ1v) is 8.56. The molecule has 0 aliphatic heterocycles. The molecule has 1 atom stereocenters. The third kappa shape index (κ3) is 4.83. The van der Waals surface area contributed by atoms with Crippen LogP contribution < -0.4 is 16.0 Å². The second-order valence-corrected chi connectivity index (χ2v) is 6.56. The van der Waals surface area contributed by atoms with Gasteiger partial charge in [-0.1, -0.05) is 17.7 Å². The Kier molecular flexibility index (Phi) is 5.03. The molecular formula is C20H23N3O2. The van der Waals surface area contributed by atoms with E-state index in [4.69, 9.17) is 0 Å². The van der Waals surface area contributed by atoms with Crippen molar-refractivity contribution in [2.75, 3.05) is 16.0 Å². The van der Waals surface area contributed by atoms with Crippen molar-refractivity contribution in [1.29, 1.82) is 0 Å². The second-order valence-electron chi connectivity index (χ2n) is 6.56. The van der Waals surface area contributed by atoms with Crippen LogP contribution in [-0.2, 0) is 9.59 Å². The molecule has 130 valence electrons. The number of anilines is 3. The van der Waals surface area contributed by atoms with Crippen molar-refractivity contribution in [2.45, 2.75) is 32.7 Å². The Bertz CT molecular complexity index is 750. The van der Waals surface area contributed by atoms with E-state index >= 15 is 0 Å². The monoisotopic (exact) mass is 337 g/mol. The lowest BCUT2D eigenvalue weighted by Gasteiger charge is -2.16. The largest absolute Gasteiger partial charge is 0.374 e. The molecule has 1 aliphatic rings. The fraction of sp³-hybridized carbons (Fsp3) is 0.300. The van der Waals surface area contributed by atoms with Crippen LogP contribution in [0.1, 0.15) is 25.3 Å². The first-order chi connectivity index (χ1) is 12.0. The number of carbonyl (C=O) groups is 2. The molecule has 0 heterocycles. The normalized spacial score (nSPS) is 14.5. The van der Waals surface area contributed by atoms with E-state index in [1.165, 1.54) is 0 Å². The summed E-state index contributed by atoms with van der Waals surface area (Å²) < 4.78 is 0. The summed E-state index contributed by atoms with van der Waals surface area (Å²) >= 11 is 0. The molecule has 0 radical (unpaired) electrons. The summed E-state index contributed by atoms with van der Waals surface area (Å²) in [4.78, 5) is 24.0. The zero-order valence-corrected chi connectivity index (χ0v) is 14.5. The summed E-state index contributed by atoms with van der Waals surface area (Å²) in [6, 6.07) is 14.7. The van der Waals surface area contributed by atoms with Gasteiger partial charge in [-0.2, -0.15) is 0 Å². The number of rotatable bonds is 6. The fourth-order valence-corrected chi connectivity index (χ4v) is 2.44. The van der Waals surface area contributed by atoms with Gasteiger partial charge in [0.05, 0.1) is 0 Å². The van der Waals surface area contributed by atoms with E-state index in [9.17, 15) is 9.59 Å². The molecule has 5 nitrogen and oxygen atoms in total. The van der Waals surface area contributed by atoms with Crippen molar-refractivity contribution < 1.29 is 9.59 Å². The molecule has 0 bridgehead atoms. The van der Waals surface area contributed by atoms with E-state index in [-0.39, 0.29) is 23.8 Å². The maximum atomic E-state index is 12.3. The van der Waals surface area contributed by atoms with Gasteiger partial charge in [-0.15, -0.1) is 0 Å². The molecule has 5 heteroatoms. The molecule has 3 rings (SSSR count). The molecule has 1 unspecified atom stereocenters. The number of benzene rings is 2. The Hall–Kier alpha value is -2.82. The summed E-state index contributed by atoms with van der Waals surface area (Å²) in [7, 11) is 0. The summed E-state index contributed by atoms with van der Waals surface area (Å²) in [6.45, 7) is 3.82. The minimum absolute atomic E-state index is 0.0894. The van der Waals surface area contributed by atoms with Gasteiger partial charge in [0.1, 0.15) is 6.04 Å². The highest BCUT2D eigenvalue weighted by molar-refractivity contribution is 5.96. The van der Waals surface area contributed by atoms with Crippen LogP contribution in [-0.4, -0.2) is 17.9 Å². The first kappa shape index (κ1) is 17.0. The van der Waals surface area contributed by atoms with E-state index in [0.717, 1.165) is 35.5 Å². The number of carbonyl (C=O) groups excluding carboxylic acids is 2. The van der Waals surface area contributed by atoms with Gasteiger partial charge in [-0.05, 0) is 63.1 Å². The summed E-state index contributed by atoms with van der Waals surface area (Å²) in [5.41, 5.74) is 3.54. The molecule has 2 aromatic rings. The molecule has 2 amide bonds. The van der Waals surface area contributed by atoms with Gasteiger partial charge in [0.2, 0.25) is 11.8 Å². The Labute approximate surface area is 147 Å². The summed E-state index contributed by atoms with van der Waals surface area (Å²) in [5, 5.41) is 8.95. The highest BCUT2D eigenvalue weighted by Crippen LogP contribution is 2.30. The maximum Gasteiger partial charge on any atom is 0.246 e. The highest BCUT2D eigenvalue weighted by Gasteiger charge is 2.29. The van der Waals surface area contributed by atoms with Crippen LogP contribution in [0.4, 0.5) is 17.1 Å². The van der Waals surface area contributed by atoms with Crippen molar-refractivity contribution in [3.05, 3.63) is 54.1 Å². The SMILES string of the molecule is Cc1ccc(NC(=O)C(C)Nc2ccc(NC(=O)C3CC3)cc2)cc1. The summed E-state index contributed by atoms with van der Waals surface area (Å²) in [6.07, 6.45) is 1.97. The average Bonchev–Trinajstić information content (AvgIpc) is 3.43. The Morgan fingerprint density at radius 3 is 2.00 bits per heavy atom. The Balaban J connectivity index is 1.52. The number of nitrogens with one attached hydrogen (secondary N) is 3. The van der Waals surface area contributed by atoms with E-state index < -0.39 is 0 Å². The topological polar surface area (TPSA) is 70.2 Å². The smallest absolute Gasteiger partial charge is 0.246 e. The Morgan fingerprint density at radius 1 is 0.880 bits per heavy atom. The van der Waals surface area contributed by atoms with Crippen LogP contribution in [0.15, 0.2) is 48.5 Å². The molecule has 2 aromatic carbocycles. The van der Waals surface area contributed by atoms with Crippen LogP contribution in [0.25, 0.3) is 0 Å². The first-order valence-electron chi connectivity index (χ1n) is 8.56. The van der Waals surface area contributed by atoms with Gasteiger partial charge in [0.15, 0.2) is 0 Å². The number of hydrogen-bond acceptors (Lipinski definition) is 3. The van der Waals surface area contributed by atoms with Gasteiger partial charge < -0.3 is 16.0 Å². The average molecular weight is 337 g/mol. The highest BCUT2D eigenvalue weighted by atomic mass is 16.2. The third-order valence-electron chi connectivity index (χ3n) is 4.20. The zero-order valence-electron chi connectivity index (χ0n) is 14.5. The third-order valence-corrected chi connectivity index (χ3v) is 4.20. The maximum absolute atomic E-state index is 12.3. The van der Waals surface area contributed by atoms with E-state index in [1.807, 2.05) is 62.4 Å². The van der Waals surface area contributed by atoms with Crippen LogP contribution in [0.3, 0.4) is 0 Å². The van der Waals surface area contributed by atoms with Crippen LogP contribution in [0, 0.1) is 12.8 Å². The minimum atomic E-state index is -0.381. The molecule has 1 fully saturated rings. The molecule has 0 saturated heterocycles. The molecule has 0 spiro atoms. The molecule has 1 aliphatic carbocycles. The van der Waals surface area contributed by atoms with Crippen molar-refractivity contribution in [2.24, 2.45) is 5.92 Å². The van der Waals surface area contributed by atoms with Gasteiger partial charge in [-0.3, -0.25) is 9.59 Å². The number of aryl methyl sites for hydroxylation is 1. The molecular weight excluding hydrogens is 314 g/mol. The van der Waals surface area contributed by atoms with Crippen molar-refractivity contribution >= 4 is 28.9 Å². The van der Waals surface area contributed by atoms with Gasteiger partial charge >= 0.3 is 0 Å². The molecule has 25 heavy (non-hydrogen) atoms. The Morgan fingerprint density at radius 2 is 1.40 bits per heavy atom. The van der Waals surface area contributed by atoms with E-state index in [0.29, 0.717) is 0 Å². The van der Waals surface area contributed by atoms with Crippen LogP contribution >= 0.6 is 0 Å². The van der Waals surface area contributed by atoms with Crippen LogP contribution in [0.5, 0.6) is 0 Å². The van der Waals surface area contributed by atoms with Crippen molar-refractivity contribution in [3.8, 4) is 0 Å². The van der Waals surface area contributed by atoms with Crippen molar-refractivity contribution in [3.63, 3.8) is 0 Å². The lowest BCUT2D eigenvalue weighted by Crippen LogP contribution is -2.31. The van der Waals surface area contributed by atoms with Crippen LogP contribution in [0.2, 0.25) is 0 Å². The zero-order chi connectivity index (χ0) is 17.8. The number of amides is 2. The van der Waals surface area contributed by atoms with Gasteiger partial charge in [0, 0.05) is 23.0 Å². The second kappa shape index (κ2) is 7.38. The van der Waals surface area contributed by atoms with Crippen molar-refractivity contribution in [1.82, 2.24) is 0 Å². The lowest BCUT2D eigenvalue weighted by molar-refractivity contribution is -0.117. The predicted octanol–water partition coefficient (Wildman–Crippen LogP) is 3.78. The van der Waals surface area contributed by atoms with Gasteiger partial charge in [0.25, 0.3) is 0 Å². The minimum Gasteiger partial charge on any atom is -0.374 e. The molecule has 1 saturated carbocycles. The van der Waals surface area contributed by atoms with Gasteiger partial charge in [-0.25, -0.2) is 0 Å².